The van der Waals surface area contributed by atoms with Crippen LogP contribution >= 0.6 is 23.2 Å². The maximum absolute atomic E-state index is 11.6. The number of halogens is 2. The second-order valence-corrected chi connectivity index (χ2v) is 5.05. The lowest BCUT2D eigenvalue weighted by Gasteiger charge is -2.23. The van der Waals surface area contributed by atoms with Crippen molar-refractivity contribution >= 4 is 35.4 Å². The van der Waals surface area contributed by atoms with Crippen LogP contribution in [-0.2, 0) is 4.79 Å². The predicted molar refractivity (Wildman–Crippen MR) is 69.2 cm³/mol. The number of amides is 1. The molecule has 1 aromatic rings. The summed E-state index contributed by atoms with van der Waals surface area (Å²) in [4.78, 5) is 11.6. The monoisotopic (exact) mass is 284 g/mol. The molecule has 0 spiro atoms. The maximum atomic E-state index is 11.6. The number of nitrogens with zero attached hydrogens (tertiary/aromatic N) is 2. The minimum atomic E-state index is -0.234. The van der Waals surface area contributed by atoms with Gasteiger partial charge in [-0.05, 0) is 24.1 Å². The van der Waals surface area contributed by atoms with Gasteiger partial charge in [-0.1, -0.05) is 29.3 Å². The van der Waals surface area contributed by atoms with E-state index in [0.29, 0.717) is 16.5 Å². The maximum Gasteiger partial charge on any atom is 0.264 e. The van der Waals surface area contributed by atoms with Crippen molar-refractivity contribution in [3.05, 3.63) is 33.8 Å². The van der Waals surface area contributed by atoms with Gasteiger partial charge in [-0.15, -0.1) is 0 Å². The van der Waals surface area contributed by atoms with Crippen LogP contribution in [0.2, 0.25) is 10.0 Å². The van der Waals surface area contributed by atoms with E-state index in [9.17, 15) is 4.79 Å². The Morgan fingerprint density at radius 2 is 2.17 bits per heavy atom. The van der Waals surface area contributed by atoms with Gasteiger partial charge in [0.25, 0.3) is 5.91 Å². The van der Waals surface area contributed by atoms with E-state index in [2.05, 4.69) is 16.0 Å². The average molecular weight is 285 g/mol. The van der Waals surface area contributed by atoms with E-state index in [1.165, 1.54) is 0 Å². The topological polar surface area (TPSA) is 56.7 Å². The number of carbonyl (C=O) groups is 1. The smallest absolute Gasteiger partial charge is 0.264 e. The molecule has 3 rings (SSSR count). The molecule has 0 aliphatic carbocycles. The number of nitrogens with one attached hydrogen (secondary N) is 2. The van der Waals surface area contributed by atoms with Crippen LogP contribution < -0.4 is 10.9 Å². The molecule has 0 saturated carbocycles. The summed E-state index contributed by atoms with van der Waals surface area (Å²) in [6.45, 7) is 0. The zero-order valence-corrected chi connectivity index (χ0v) is 10.7. The molecule has 1 amide bonds. The Kier molecular flexibility index (Phi) is 2.89. The summed E-state index contributed by atoms with van der Waals surface area (Å²) in [5.41, 5.74) is 6.66. The summed E-state index contributed by atoms with van der Waals surface area (Å²) < 4.78 is 0. The molecule has 2 unspecified atom stereocenters. The lowest BCUT2D eigenvalue weighted by molar-refractivity contribution is -0.125. The number of rotatable bonds is 1. The molecule has 5 nitrogen and oxygen atoms in total. The highest BCUT2D eigenvalue weighted by Gasteiger charge is 2.37. The van der Waals surface area contributed by atoms with Crippen LogP contribution in [-0.4, -0.2) is 23.3 Å². The predicted octanol–water partition coefficient (Wildman–Crippen LogP) is 1.69. The van der Waals surface area contributed by atoms with E-state index in [-0.39, 0.29) is 18.0 Å². The second-order valence-electron chi connectivity index (χ2n) is 4.23. The Hall–Kier alpha value is -1.30. The lowest BCUT2D eigenvalue weighted by Crippen LogP contribution is -2.48. The van der Waals surface area contributed by atoms with Gasteiger partial charge in [0, 0.05) is 0 Å². The molecule has 1 saturated heterocycles. The summed E-state index contributed by atoms with van der Waals surface area (Å²) >= 11 is 11.9. The first-order chi connectivity index (χ1) is 8.65. The van der Waals surface area contributed by atoms with Gasteiger partial charge >= 0.3 is 0 Å². The van der Waals surface area contributed by atoms with E-state index in [0.717, 1.165) is 5.56 Å². The summed E-state index contributed by atoms with van der Waals surface area (Å²) in [5, 5.41) is 6.50. The Bertz CT molecular complexity index is 534. The van der Waals surface area contributed by atoms with Crippen LogP contribution in [0.25, 0.3) is 0 Å². The van der Waals surface area contributed by atoms with Crippen LogP contribution in [0.3, 0.4) is 0 Å². The van der Waals surface area contributed by atoms with Gasteiger partial charge in [-0.3, -0.25) is 9.80 Å². The van der Waals surface area contributed by atoms with Crippen molar-refractivity contribution in [1.82, 2.24) is 15.9 Å². The van der Waals surface area contributed by atoms with Gasteiger partial charge < -0.3 is 0 Å². The summed E-state index contributed by atoms with van der Waals surface area (Å²) in [5.74, 6) is -0.104. The first kappa shape index (κ1) is 11.8. The molecular weight excluding hydrogens is 275 g/mol. The molecule has 2 heterocycles. The fourth-order valence-corrected chi connectivity index (χ4v) is 2.48. The molecule has 94 valence electrons. The third kappa shape index (κ3) is 1.94. The minimum absolute atomic E-state index is 0.0278. The van der Waals surface area contributed by atoms with E-state index >= 15 is 0 Å². The Labute approximate surface area is 114 Å². The molecule has 0 aromatic heterocycles. The summed E-state index contributed by atoms with van der Waals surface area (Å²) in [6, 6.07) is 5.27. The molecule has 2 aliphatic heterocycles. The van der Waals surface area contributed by atoms with Gasteiger partial charge in [0.1, 0.15) is 12.4 Å². The normalized spacial score (nSPS) is 26.1. The fourth-order valence-electron chi connectivity index (χ4n) is 2.18. The number of hydrogen-bond donors (Lipinski definition) is 2. The Morgan fingerprint density at radius 1 is 1.33 bits per heavy atom. The van der Waals surface area contributed by atoms with E-state index < -0.39 is 0 Å². The standard InChI is InChI=1S/C11H10Cl2N4O/c12-7-2-1-6(3-8(7)13)9-4-10-11(18)15-14-5-17(10)16-9/h1-3,5,9-10,16H,4H2,(H,15,18). The zero-order chi connectivity index (χ0) is 12.7. The van der Waals surface area contributed by atoms with Crippen molar-refractivity contribution < 1.29 is 4.79 Å². The number of benzene rings is 1. The van der Waals surface area contributed by atoms with Gasteiger partial charge in [0.2, 0.25) is 0 Å². The number of hydrazine groups is 1. The minimum Gasteiger partial charge on any atom is -0.283 e. The van der Waals surface area contributed by atoms with E-state index in [1.807, 2.05) is 12.1 Å². The van der Waals surface area contributed by atoms with Crippen LogP contribution in [0.5, 0.6) is 0 Å². The van der Waals surface area contributed by atoms with Crippen LogP contribution in [0.4, 0.5) is 0 Å². The SMILES string of the molecule is O=C1NN=CN2NC(c3ccc(Cl)c(Cl)c3)CC12. The van der Waals surface area contributed by atoms with Crippen LogP contribution in [0.1, 0.15) is 18.0 Å². The Morgan fingerprint density at radius 3 is 2.89 bits per heavy atom. The molecule has 2 aliphatic rings. The molecule has 7 heteroatoms. The Balaban J connectivity index is 1.85. The molecule has 2 atom stereocenters. The molecule has 1 aromatic carbocycles. The number of fused-ring (bicyclic) bond motifs is 1. The van der Waals surface area contributed by atoms with E-state index in [4.69, 9.17) is 23.2 Å². The van der Waals surface area contributed by atoms with Crippen molar-refractivity contribution in [1.29, 1.82) is 0 Å². The number of carbonyl (C=O) groups excluding carboxylic acids is 1. The summed E-state index contributed by atoms with van der Waals surface area (Å²) in [6.07, 6.45) is 2.24. The van der Waals surface area contributed by atoms with E-state index in [1.54, 1.807) is 17.4 Å². The van der Waals surface area contributed by atoms with Crippen molar-refractivity contribution in [2.75, 3.05) is 0 Å². The van der Waals surface area contributed by atoms with Crippen LogP contribution in [0.15, 0.2) is 23.3 Å². The van der Waals surface area contributed by atoms with Crippen molar-refractivity contribution in [2.24, 2.45) is 5.10 Å². The molecule has 2 N–H and O–H groups in total. The number of hydrogen-bond acceptors (Lipinski definition) is 4. The molecular formula is C11H10Cl2N4O. The highest BCUT2D eigenvalue weighted by molar-refractivity contribution is 6.42. The summed E-state index contributed by atoms with van der Waals surface area (Å²) in [7, 11) is 0. The first-order valence-electron chi connectivity index (χ1n) is 5.47. The largest absolute Gasteiger partial charge is 0.283 e. The molecule has 0 bridgehead atoms. The average Bonchev–Trinajstić information content (AvgIpc) is 2.78. The molecule has 1 fully saturated rings. The van der Waals surface area contributed by atoms with Crippen molar-refractivity contribution in [2.45, 2.75) is 18.5 Å². The van der Waals surface area contributed by atoms with Gasteiger partial charge in [0.05, 0.1) is 16.1 Å². The van der Waals surface area contributed by atoms with Gasteiger partial charge in [0.15, 0.2) is 0 Å². The third-order valence-corrected chi connectivity index (χ3v) is 3.84. The zero-order valence-electron chi connectivity index (χ0n) is 9.23. The highest BCUT2D eigenvalue weighted by atomic mass is 35.5. The second kappa shape index (κ2) is 4.42. The lowest BCUT2D eigenvalue weighted by atomic mass is 10.0. The molecule has 18 heavy (non-hydrogen) atoms. The fraction of sp³-hybridized carbons (Fsp3) is 0.273. The van der Waals surface area contributed by atoms with Crippen molar-refractivity contribution in [3.8, 4) is 0 Å². The third-order valence-electron chi connectivity index (χ3n) is 3.11. The number of hydrazone groups is 1. The van der Waals surface area contributed by atoms with Crippen molar-refractivity contribution in [3.63, 3.8) is 0 Å². The van der Waals surface area contributed by atoms with Gasteiger partial charge in [-0.2, -0.15) is 5.10 Å². The quantitative estimate of drug-likeness (QED) is 0.825. The van der Waals surface area contributed by atoms with Crippen LogP contribution in [0, 0.1) is 0 Å². The highest BCUT2D eigenvalue weighted by Crippen LogP contribution is 2.31. The first-order valence-corrected chi connectivity index (χ1v) is 6.23. The molecule has 0 radical (unpaired) electrons. The van der Waals surface area contributed by atoms with Gasteiger partial charge in [-0.25, -0.2) is 10.9 Å².